The van der Waals surface area contributed by atoms with Gasteiger partial charge in [0.15, 0.2) is 0 Å². The van der Waals surface area contributed by atoms with Gasteiger partial charge in [0.1, 0.15) is 0 Å². The molecule has 2 saturated heterocycles. The Morgan fingerprint density at radius 3 is 2.78 bits per heavy atom. The SMILES string of the molecule is C=CC(C)(C)C(=O)N1CC2(CN(C)CC2c2ccnc(N)n2)C1. The minimum absolute atomic E-state index is 0.0719. The van der Waals surface area contributed by atoms with Crippen LogP contribution in [0.15, 0.2) is 24.9 Å². The number of hydrogen-bond donors (Lipinski definition) is 1. The first-order valence-corrected chi connectivity index (χ1v) is 7.97. The third-order valence-electron chi connectivity index (χ3n) is 5.23. The van der Waals surface area contributed by atoms with Crippen LogP contribution in [0.4, 0.5) is 5.95 Å². The number of nitrogen functional groups attached to an aromatic ring is 1. The van der Waals surface area contributed by atoms with Crippen LogP contribution in [-0.2, 0) is 4.79 Å². The first-order valence-electron chi connectivity index (χ1n) is 7.97. The van der Waals surface area contributed by atoms with E-state index in [0.29, 0.717) is 5.95 Å². The summed E-state index contributed by atoms with van der Waals surface area (Å²) in [6, 6.07) is 1.94. The quantitative estimate of drug-likeness (QED) is 0.846. The Morgan fingerprint density at radius 2 is 2.17 bits per heavy atom. The number of nitrogens with two attached hydrogens (primary N) is 1. The average molecular weight is 315 g/mol. The molecular formula is C17H25N5O. The number of hydrogen-bond acceptors (Lipinski definition) is 5. The van der Waals surface area contributed by atoms with Crippen LogP contribution >= 0.6 is 0 Å². The maximum Gasteiger partial charge on any atom is 0.232 e. The zero-order chi connectivity index (χ0) is 16.8. The third kappa shape index (κ3) is 2.61. The molecule has 3 rings (SSSR count). The minimum Gasteiger partial charge on any atom is -0.368 e. The highest BCUT2D eigenvalue weighted by Crippen LogP contribution is 2.49. The van der Waals surface area contributed by atoms with E-state index in [-0.39, 0.29) is 17.2 Å². The second-order valence-electron chi connectivity index (χ2n) is 7.54. The molecule has 1 unspecified atom stereocenters. The highest BCUT2D eigenvalue weighted by Gasteiger charge is 2.56. The predicted octanol–water partition coefficient (Wildman–Crippen LogP) is 1.13. The number of rotatable bonds is 3. The van der Waals surface area contributed by atoms with Crippen molar-refractivity contribution < 1.29 is 4.79 Å². The molecule has 0 radical (unpaired) electrons. The van der Waals surface area contributed by atoms with E-state index in [0.717, 1.165) is 31.9 Å². The molecule has 1 spiro atoms. The van der Waals surface area contributed by atoms with Gasteiger partial charge in [-0.2, -0.15) is 0 Å². The van der Waals surface area contributed by atoms with Crippen molar-refractivity contribution in [1.82, 2.24) is 19.8 Å². The average Bonchev–Trinajstić information content (AvgIpc) is 2.82. The minimum atomic E-state index is -0.513. The number of carbonyl (C=O) groups is 1. The summed E-state index contributed by atoms with van der Waals surface area (Å²) >= 11 is 0. The lowest BCUT2D eigenvalue weighted by molar-refractivity contribution is -0.150. The Balaban J connectivity index is 1.80. The Hall–Kier alpha value is -1.95. The first-order chi connectivity index (χ1) is 10.8. The number of likely N-dealkylation sites (tertiary alicyclic amines) is 2. The number of anilines is 1. The third-order valence-corrected chi connectivity index (χ3v) is 5.23. The van der Waals surface area contributed by atoms with Crippen LogP contribution in [0.3, 0.4) is 0 Å². The molecular weight excluding hydrogens is 290 g/mol. The van der Waals surface area contributed by atoms with Crippen molar-refractivity contribution >= 4 is 11.9 Å². The molecule has 2 aliphatic rings. The zero-order valence-electron chi connectivity index (χ0n) is 14.1. The highest BCUT2D eigenvalue weighted by atomic mass is 16.2. The summed E-state index contributed by atoms with van der Waals surface area (Å²) in [6.45, 7) is 11.0. The Bertz CT molecular complexity index is 636. The first kappa shape index (κ1) is 15.9. The molecule has 2 aliphatic heterocycles. The smallest absolute Gasteiger partial charge is 0.232 e. The maximum atomic E-state index is 12.6. The summed E-state index contributed by atoms with van der Waals surface area (Å²) in [6.07, 6.45) is 3.44. The van der Waals surface area contributed by atoms with Crippen molar-refractivity contribution in [2.45, 2.75) is 19.8 Å². The van der Waals surface area contributed by atoms with Gasteiger partial charge in [-0.05, 0) is 27.0 Å². The van der Waals surface area contributed by atoms with Gasteiger partial charge in [-0.1, -0.05) is 6.08 Å². The molecule has 0 saturated carbocycles. The number of nitrogens with zero attached hydrogens (tertiary/aromatic N) is 4. The zero-order valence-corrected chi connectivity index (χ0v) is 14.1. The van der Waals surface area contributed by atoms with E-state index in [9.17, 15) is 4.79 Å². The fraction of sp³-hybridized carbons (Fsp3) is 0.588. The predicted molar refractivity (Wildman–Crippen MR) is 89.7 cm³/mol. The van der Waals surface area contributed by atoms with E-state index in [1.807, 2.05) is 24.8 Å². The molecule has 1 aromatic rings. The van der Waals surface area contributed by atoms with Crippen molar-refractivity contribution in [3.63, 3.8) is 0 Å². The van der Waals surface area contributed by atoms with Gasteiger partial charge in [0, 0.05) is 43.7 Å². The van der Waals surface area contributed by atoms with Gasteiger partial charge < -0.3 is 15.5 Å². The van der Waals surface area contributed by atoms with Crippen molar-refractivity contribution in [2.75, 3.05) is 39.0 Å². The molecule has 6 nitrogen and oxygen atoms in total. The molecule has 0 aromatic carbocycles. The lowest BCUT2D eigenvalue weighted by Gasteiger charge is -2.52. The van der Waals surface area contributed by atoms with Crippen molar-refractivity contribution in [3.8, 4) is 0 Å². The molecule has 2 N–H and O–H groups in total. The van der Waals surface area contributed by atoms with Crippen molar-refractivity contribution in [1.29, 1.82) is 0 Å². The second kappa shape index (κ2) is 5.30. The van der Waals surface area contributed by atoms with Gasteiger partial charge in [-0.3, -0.25) is 4.79 Å². The molecule has 0 bridgehead atoms. The van der Waals surface area contributed by atoms with Crippen LogP contribution in [0.2, 0.25) is 0 Å². The summed E-state index contributed by atoms with van der Waals surface area (Å²) in [5, 5.41) is 0. The Morgan fingerprint density at radius 1 is 1.48 bits per heavy atom. The molecule has 0 aliphatic carbocycles. The summed E-state index contributed by atoms with van der Waals surface area (Å²) in [4.78, 5) is 25.3. The van der Waals surface area contributed by atoms with E-state index < -0.39 is 5.41 Å². The summed E-state index contributed by atoms with van der Waals surface area (Å²) in [7, 11) is 2.12. The number of likely N-dealkylation sites (N-methyl/N-ethyl adjacent to an activating group) is 1. The van der Waals surface area contributed by atoms with E-state index in [1.165, 1.54) is 0 Å². The van der Waals surface area contributed by atoms with Gasteiger partial charge in [0.2, 0.25) is 11.9 Å². The molecule has 1 atom stereocenters. The normalized spacial score (nSPS) is 23.8. The van der Waals surface area contributed by atoms with Gasteiger partial charge in [-0.25, -0.2) is 9.97 Å². The van der Waals surface area contributed by atoms with E-state index >= 15 is 0 Å². The molecule has 23 heavy (non-hydrogen) atoms. The number of amides is 1. The largest absolute Gasteiger partial charge is 0.368 e. The van der Waals surface area contributed by atoms with E-state index in [4.69, 9.17) is 5.73 Å². The lowest BCUT2D eigenvalue weighted by Crippen LogP contribution is -2.63. The molecule has 124 valence electrons. The second-order valence-corrected chi connectivity index (χ2v) is 7.54. The summed E-state index contributed by atoms with van der Waals surface area (Å²) < 4.78 is 0. The Kier molecular flexibility index (Phi) is 3.67. The monoisotopic (exact) mass is 315 g/mol. The van der Waals surface area contributed by atoms with Gasteiger partial charge >= 0.3 is 0 Å². The van der Waals surface area contributed by atoms with Crippen molar-refractivity contribution in [2.24, 2.45) is 10.8 Å². The molecule has 3 heterocycles. The van der Waals surface area contributed by atoms with Crippen LogP contribution in [0, 0.1) is 10.8 Å². The molecule has 2 fully saturated rings. The fourth-order valence-corrected chi connectivity index (χ4v) is 3.88. The highest BCUT2D eigenvalue weighted by molar-refractivity contribution is 5.84. The van der Waals surface area contributed by atoms with Crippen LogP contribution in [0.25, 0.3) is 0 Å². The maximum absolute atomic E-state index is 12.6. The van der Waals surface area contributed by atoms with Crippen LogP contribution < -0.4 is 5.73 Å². The van der Waals surface area contributed by atoms with Gasteiger partial charge in [-0.15, -0.1) is 6.58 Å². The van der Waals surface area contributed by atoms with Crippen LogP contribution in [0.5, 0.6) is 0 Å². The van der Waals surface area contributed by atoms with Crippen LogP contribution in [-0.4, -0.2) is 58.9 Å². The topological polar surface area (TPSA) is 75.4 Å². The summed E-state index contributed by atoms with van der Waals surface area (Å²) in [5.74, 6) is 0.745. The molecule has 1 amide bonds. The van der Waals surface area contributed by atoms with Gasteiger partial charge in [0.25, 0.3) is 0 Å². The molecule has 1 aromatic heterocycles. The Labute approximate surface area is 137 Å². The number of carbonyl (C=O) groups excluding carboxylic acids is 1. The standard InChI is InChI=1S/C17H25N5O/c1-5-16(2,3)14(23)22-10-17(11-22)9-21(4)8-12(17)13-6-7-19-15(18)20-13/h5-7,12H,1,8-11H2,2-4H3,(H2,18,19,20). The van der Waals surface area contributed by atoms with E-state index in [1.54, 1.807) is 12.3 Å². The van der Waals surface area contributed by atoms with E-state index in [2.05, 4.69) is 28.5 Å². The summed E-state index contributed by atoms with van der Waals surface area (Å²) in [5.41, 5.74) is 6.29. The number of aromatic nitrogens is 2. The molecule has 6 heteroatoms. The van der Waals surface area contributed by atoms with Crippen molar-refractivity contribution in [3.05, 3.63) is 30.6 Å². The van der Waals surface area contributed by atoms with Gasteiger partial charge in [0.05, 0.1) is 11.1 Å². The lowest BCUT2D eigenvalue weighted by atomic mass is 9.69. The van der Waals surface area contributed by atoms with Crippen LogP contribution in [0.1, 0.15) is 25.5 Å². The fourth-order valence-electron chi connectivity index (χ4n) is 3.88.